The van der Waals surface area contributed by atoms with Crippen molar-refractivity contribution >= 4 is 34.7 Å². The van der Waals surface area contributed by atoms with Crippen molar-refractivity contribution in [2.24, 2.45) is 0 Å². The third kappa shape index (κ3) is 5.07. The quantitative estimate of drug-likeness (QED) is 0.685. The summed E-state index contributed by atoms with van der Waals surface area (Å²) >= 11 is 2.96. The summed E-state index contributed by atoms with van der Waals surface area (Å²) in [6, 6.07) is 11.0. The summed E-state index contributed by atoms with van der Waals surface area (Å²) in [6.45, 7) is 0. The van der Waals surface area contributed by atoms with Gasteiger partial charge < -0.3 is 5.32 Å². The van der Waals surface area contributed by atoms with E-state index in [4.69, 9.17) is 0 Å². The highest BCUT2D eigenvalue weighted by Crippen LogP contribution is 2.29. The van der Waals surface area contributed by atoms with E-state index in [1.807, 2.05) is 12.1 Å². The first-order chi connectivity index (χ1) is 12.1. The number of amides is 1. The lowest BCUT2D eigenvalue weighted by molar-refractivity contribution is -0.116. The van der Waals surface area contributed by atoms with Gasteiger partial charge in [0, 0.05) is 17.0 Å². The van der Waals surface area contributed by atoms with Crippen molar-refractivity contribution in [3.63, 3.8) is 0 Å². The number of nitrogens with one attached hydrogen (secondary N) is 1. The van der Waals surface area contributed by atoms with Crippen LogP contribution in [0, 0.1) is 11.6 Å². The van der Waals surface area contributed by atoms with Crippen LogP contribution in [0.25, 0.3) is 0 Å². The van der Waals surface area contributed by atoms with Gasteiger partial charge in [-0.05, 0) is 48.4 Å². The molecule has 3 rings (SSSR count). The van der Waals surface area contributed by atoms with Crippen LogP contribution < -0.4 is 5.32 Å². The van der Waals surface area contributed by atoms with E-state index in [2.05, 4.69) is 15.5 Å². The number of rotatable bonds is 6. The Morgan fingerprint density at radius 3 is 2.60 bits per heavy atom. The molecule has 1 N–H and O–H groups in total. The number of hydrogen-bond donors (Lipinski definition) is 1. The maximum absolute atomic E-state index is 13.1. The summed E-state index contributed by atoms with van der Waals surface area (Å²) in [5, 5.41) is 10.5. The van der Waals surface area contributed by atoms with E-state index < -0.39 is 11.6 Å². The molecular formula is C17H13F2N3OS2. The molecule has 128 valence electrons. The molecule has 0 bridgehead atoms. The van der Waals surface area contributed by atoms with Crippen molar-refractivity contribution in [1.29, 1.82) is 0 Å². The van der Waals surface area contributed by atoms with Gasteiger partial charge >= 0.3 is 0 Å². The van der Waals surface area contributed by atoms with Crippen LogP contribution >= 0.6 is 23.1 Å². The number of halogens is 2. The Balaban J connectivity index is 1.51. The summed E-state index contributed by atoms with van der Waals surface area (Å²) in [5.41, 5.74) is 2.93. The second-order valence-corrected chi connectivity index (χ2v) is 7.28. The van der Waals surface area contributed by atoms with E-state index in [0.29, 0.717) is 17.7 Å². The predicted molar refractivity (Wildman–Crippen MR) is 93.8 cm³/mol. The highest BCUT2D eigenvalue weighted by molar-refractivity contribution is 8.01. The minimum absolute atomic E-state index is 0.186. The van der Waals surface area contributed by atoms with Crippen LogP contribution in [0.5, 0.6) is 0 Å². The van der Waals surface area contributed by atoms with E-state index in [-0.39, 0.29) is 12.3 Å². The van der Waals surface area contributed by atoms with Crippen LogP contribution in [0.1, 0.15) is 12.0 Å². The van der Waals surface area contributed by atoms with E-state index in [9.17, 15) is 13.6 Å². The molecule has 1 heterocycles. The number of anilines is 1. The summed E-state index contributed by atoms with van der Waals surface area (Å²) < 4.78 is 26.9. The first-order valence-corrected chi connectivity index (χ1v) is 9.07. The smallest absolute Gasteiger partial charge is 0.224 e. The van der Waals surface area contributed by atoms with Gasteiger partial charge in [0.1, 0.15) is 5.51 Å². The number of nitrogens with zero attached hydrogens (tertiary/aromatic N) is 2. The minimum Gasteiger partial charge on any atom is -0.326 e. The molecular weight excluding hydrogens is 364 g/mol. The van der Waals surface area contributed by atoms with Crippen LogP contribution in [0.15, 0.2) is 57.2 Å². The Morgan fingerprint density at radius 1 is 1.12 bits per heavy atom. The molecule has 2 aromatic carbocycles. The fourth-order valence-corrected chi connectivity index (χ4v) is 3.54. The maximum atomic E-state index is 13.1. The summed E-state index contributed by atoms with van der Waals surface area (Å²) in [6.07, 6.45) is 0.528. The van der Waals surface area contributed by atoms with E-state index in [1.165, 1.54) is 29.2 Å². The summed E-state index contributed by atoms with van der Waals surface area (Å²) in [4.78, 5) is 13.0. The zero-order valence-corrected chi connectivity index (χ0v) is 14.5. The molecule has 0 radical (unpaired) electrons. The Labute approximate surface area is 151 Å². The Hall–Kier alpha value is -2.32. The first kappa shape index (κ1) is 17.5. The molecule has 0 aliphatic heterocycles. The zero-order chi connectivity index (χ0) is 17.6. The monoisotopic (exact) mass is 377 g/mol. The van der Waals surface area contributed by atoms with Crippen molar-refractivity contribution in [2.75, 3.05) is 5.32 Å². The van der Waals surface area contributed by atoms with Gasteiger partial charge in [0.25, 0.3) is 0 Å². The average molecular weight is 377 g/mol. The molecule has 0 saturated carbocycles. The summed E-state index contributed by atoms with van der Waals surface area (Å²) in [5.74, 6) is -1.98. The fourth-order valence-electron chi connectivity index (χ4n) is 2.09. The maximum Gasteiger partial charge on any atom is 0.224 e. The topological polar surface area (TPSA) is 54.9 Å². The lowest BCUT2D eigenvalue weighted by Crippen LogP contribution is -2.12. The first-order valence-electron chi connectivity index (χ1n) is 7.38. The second-order valence-electron chi connectivity index (χ2n) is 5.13. The van der Waals surface area contributed by atoms with Gasteiger partial charge in [-0.3, -0.25) is 4.79 Å². The van der Waals surface area contributed by atoms with Crippen LogP contribution in [-0.2, 0) is 11.2 Å². The molecule has 0 saturated heterocycles. The van der Waals surface area contributed by atoms with Crippen molar-refractivity contribution in [1.82, 2.24) is 10.2 Å². The van der Waals surface area contributed by atoms with Crippen molar-refractivity contribution in [2.45, 2.75) is 22.1 Å². The lowest BCUT2D eigenvalue weighted by Gasteiger charge is -2.06. The van der Waals surface area contributed by atoms with Gasteiger partial charge in [-0.25, -0.2) is 8.78 Å². The minimum atomic E-state index is -0.901. The van der Waals surface area contributed by atoms with Gasteiger partial charge in [-0.1, -0.05) is 29.2 Å². The Morgan fingerprint density at radius 2 is 1.92 bits per heavy atom. The van der Waals surface area contributed by atoms with Crippen molar-refractivity contribution < 1.29 is 13.6 Å². The average Bonchev–Trinajstić information content (AvgIpc) is 3.11. The number of aromatic nitrogens is 2. The molecule has 0 fully saturated rings. The molecule has 4 nitrogen and oxygen atoms in total. The van der Waals surface area contributed by atoms with E-state index in [1.54, 1.807) is 17.6 Å². The molecule has 0 spiro atoms. The van der Waals surface area contributed by atoms with Crippen LogP contribution in [0.3, 0.4) is 0 Å². The highest BCUT2D eigenvalue weighted by atomic mass is 32.2. The lowest BCUT2D eigenvalue weighted by atomic mass is 10.1. The SMILES string of the molecule is O=C(CCc1ccc(F)c(F)c1)Nc1ccc(Sc2nncs2)cc1. The van der Waals surface area contributed by atoms with Crippen LogP contribution in [0.2, 0.25) is 0 Å². The number of carbonyl (C=O) groups is 1. The summed E-state index contributed by atoms with van der Waals surface area (Å²) in [7, 11) is 0. The second kappa shape index (κ2) is 8.17. The van der Waals surface area contributed by atoms with Crippen LogP contribution in [-0.4, -0.2) is 16.1 Å². The third-order valence-electron chi connectivity index (χ3n) is 3.31. The van der Waals surface area contributed by atoms with Gasteiger partial charge in [0.05, 0.1) is 0 Å². The highest BCUT2D eigenvalue weighted by Gasteiger charge is 2.07. The zero-order valence-electron chi connectivity index (χ0n) is 12.9. The fraction of sp³-hybridized carbons (Fsp3) is 0.118. The third-order valence-corrected chi connectivity index (χ3v) is 5.09. The predicted octanol–water partition coefficient (Wildman–Crippen LogP) is 4.54. The van der Waals surface area contributed by atoms with Gasteiger partial charge in [-0.2, -0.15) is 0 Å². The number of carbonyl (C=O) groups excluding carboxylic acids is 1. The van der Waals surface area contributed by atoms with Crippen molar-refractivity contribution in [3.05, 3.63) is 65.2 Å². The number of benzene rings is 2. The number of aryl methyl sites for hydroxylation is 1. The van der Waals surface area contributed by atoms with Gasteiger partial charge in [-0.15, -0.1) is 10.2 Å². The molecule has 1 amide bonds. The molecule has 25 heavy (non-hydrogen) atoms. The molecule has 0 aliphatic rings. The Bertz CT molecular complexity index is 855. The normalized spacial score (nSPS) is 10.6. The largest absolute Gasteiger partial charge is 0.326 e. The van der Waals surface area contributed by atoms with E-state index in [0.717, 1.165) is 21.4 Å². The molecule has 1 aromatic heterocycles. The van der Waals surface area contributed by atoms with Crippen molar-refractivity contribution in [3.8, 4) is 0 Å². The Kier molecular flexibility index (Phi) is 5.72. The van der Waals surface area contributed by atoms with Gasteiger partial charge in [0.15, 0.2) is 16.0 Å². The standard InChI is InChI=1S/C17H13F2N3OS2/c18-14-7-1-11(9-15(14)19)2-8-16(23)21-12-3-5-13(6-4-12)25-17-22-20-10-24-17/h1,3-7,9-10H,2,8H2,(H,21,23). The molecule has 3 aromatic rings. The number of hydrogen-bond acceptors (Lipinski definition) is 5. The van der Waals surface area contributed by atoms with Gasteiger partial charge in [0.2, 0.25) is 5.91 Å². The molecule has 8 heteroatoms. The van der Waals surface area contributed by atoms with Crippen LogP contribution in [0.4, 0.5) is 14.5 Å². The molecule has 0 atom stereocenters. The van der Waals surface area contributed by atoms with E-state index >= 15 is 0 Å². The molecule has 0 aliphatic carbocycles. The molecule has 0 unspecified atom stereocenters.